The summed E-state index contributed by atoms with van der Waals surface area (Å²) in [6, 6.07) is 27.7. The van der Waals surface area contributed by atoms with E-state index in [0.717, 1.165) is 47.8 Å². The largest absolute Gasteiger partial charge is 0.481 e. The van der Waals surface area contributed by atoms with E-state index in [1.165, 1.54) is 22.3 Å². The Morgan fingerprint density at radius 3 is 1.89 bits per heavy atom. The van der Waals surface area contributed by atoms with E-state index >= 15 is 4.39 Å². The summed E-state index contributed by atoms with van der Waals surface area (Å²) in [7, 11) is 6.84. The van der Waals surface area contributed by atoms with Crippen molar-refractivity contribution in [2.75, 3.05) is 28.2 Å². The third-order valence-electron chi connectivity index (χ3n) is 8.70. The van der Waals surface area contributed by atoms with E-state index < -0.39 is 11.9 Å². The zero-order valence-electron chi connectivity index (χ0n) is 26.7. The van der Waals surface area contributed by atoms with Crippen LogP contribution in [0, 0.1) is 5.82 Å². The average Bonchev–Trinajstić information content (AvgIpc) is 3.46. The number of carbonyl (C=O) groups excluding carboxylic acids is 2. The standard InChI is InChI=1S/C38H39FN4O3/c1-41(2)37(44)27-18-14-25(15-19-27)35(26-16-20-28(21-17-26)38(45)42(3)4)46-30-22-23-31(32(39)24-30)36-40-33-12-8-9-13-34(33)43(36)29-10-6-5-7-11-29/h8-9,12-24,29,35H,5-7,10-11H2,1-4H3. The van der Waals surface area contributed by atoms with Gasteiger partial charge in [0.25, 0.3) is 11.8 Å². The van der Waals surface area contributed by atoms with Crippen molar-refractivity contribution >= 4 is 22.8 Å². The van der Waals surface area contributed by atoms with Crippen LogP contribution in [0.3, 0.4) is 0 Å². The second kappa shape index (κ2) is 13.2. The lowest BCUT2D eigenvalue weighted by atomic mass is 9.95. The Morgan fingerprint density at radius 1 is 0.783 bits per heavy atom. The molecule has 0 atom stereocenters. The Morgan fingerprint density at radius 2 is 1.35 bits per heavy atom. The van der Waals surface area contributed by atoms with Gasteiger partial charge in [-0.05, 0) is 72.5 Å². The molecule has 236 valence electrons. The summed E-state index contributed by atoms with van der Waals surface area (Å²) in [6.45, 7) is 0. The Bertz CT molecular complexity index is 1790. The molecule has 7 nitrogen and oxygen atoms in total. The van der Waals surface area contributed by atoms with Crippen LogP contribution in [-0.2, 0) is 0 Å². The number of benzene rings is 4. The van der Waals surface area contributed by atoms with Gasteiger partial charge in [-0.2, -0.15) is 0 Å². The van der Waals surface area contributed by atoms with Crippen molar-refractivity contribution in [2.45, 2.75) is 44.2 Å². The number of nitrogens with zero attached hydrogens (tertiary/aromatic N) is 4. The van der Waals surface area contributed by atoms with Gasteiger partial charge in [0.05, 0.1) is 16.6 Å². The van der Waals surface area contributed by atoms with Gasteiger partial charge in [0.1, 0.15) is 23.5 Å². The molecule has 1 aliphatic carbocycles. The molecule has 0 N–H and O–H groups in total. The summed E-state index contributed by atoms with van der Waals surface area (Å²) >= 11 is 0. The fraction of sp³-hybridized carbons (Fsp3) is 0.289. The summed E-state index contributed by atoms with van der Waals surface area (Å²) in [5.41, 5.74) is 4.98. The molecule has 1 fully saturated rings. The van der Waals surface area contributed by atoms with E-state index in [1.807, 2.05) is 42.5 Å². The van der Waals surface area contributed by atoms with Crippen LogP contribution in [0.4, 0.5) is 4.39 Å². The molecule has 0 saturated heterocycles. The molecule has 2 amide bonds. The van der Waals surface area contributed by atoms with E-state index in [-0.39, 0.29) is 17.9 Å². The van der Waals surface area contributed by atoms with Crippen LogP contribution in [0.15, 0.2) is 91.0 Å². The molecule has 0 aliphatic heterocycles. The first kappa shape index (κ1) is 31.0. The van der Waals surface area contributed by atoms with E-state index in [1.54, 1.807) is 64.6 Å². The molecule has 1 aromatic heterocycles. The molecule has 6 rings (SSSR count). The molecular weight excluding hydrogens is 579 g/mol. The first-order valence-corrected chi connectivity index (χ1v) is 15.8. The summed E-state index contributed by atoms with van der Waals surface area (Å²) in [5, 5.41) is 0. The van der Waals surface area contributed by atoms with Gasteiger partial charge in [0, 0.05) is 51.4 Å². The number of hydrogen-bond acceptors (Lipinski definition) is 4. The van der Waals surface area contributed by atoms with Crippen LogP contribution in [0.2, 0.25) is 0 Å². The number of fused-ring (bicyclic) bond motifs is 1. The molecule has 46 heavy (non-hydrogen) atoms. The third kappa shape index (κ3) is 6.25. The molecule has 5 aromatic rings. The minimum atomic E-state index is -0.621. The van der Waals surface area contributed by atoms with Gasteiger partial charge in [-0.1, -0.05) is 55.7 Å². The van der Waals surface area contributed by atoms with E-state index in [2.05, 4.69) is 10.6 Å². The zero-order chi connectivity index (χ0) is 32.4. The van der Waals surface area contributed by atoms with Crippen molar-refractivity contribution < 1.29 is 18.7 Å². The molecule has 1 aliphatic rings. The number of imidazole rings is 1. The first-order chi connectivity index (χ1) is 22.2. The van der Waals surface area contributed by atoms with Crippen molar-refractivity contribution in [1.29, 1.82) is 0 Å². The van der Waals surface area contributed by atoms with Gasteiger partial charge >= 0.3 is 0 Å². The van der Waals surface area contributed by atoms with Gasteiger partial charge in [-0.3, -0.25) is 9.59 Å². The molecule has 4 aromatic carbocycles. The first-order valence-electron chi connectivity index (χ1n) is 15.8. The second-order valence-electron chi connectivity index (χ2n) is 12.4. The molecule has 0 bridgehead atoms. The number of halogens is 1. The summed E-state index contributed by atoms with van der Waals surface area (Å²) in [4.78, 5) is 33.0. The Kier molecular flexibility index (Phi) is 8.88. The topological polar surface area (TPSA) is 67.7 Å². The van der Waals surface area contributed by atoms with E-state index in [4.69, 9.17) is 9.72 Å². The highest BCUT2D eigenvalue weighted by molar-refractivity contribution is 5.94. The van der Waals surface area contributed by atoms with Crippen LogP contribution in [0.25, 0.3) is 22.4 Å². The minimum absolute atomic E-state index is 0.104. The summed E-state index contributed by atoms with van der Waals surface area (Å²) < 4.78 is 24.8. The molecular formula is C38H39FN4O3. The molecule has 0 spiro atoms. The highest BCUT2D eigenvalue weighted by Gasteiger charge is 2.25. The van der Waals surface area contributed by atoms with Gasteiger partial charge < -0.3 is 19.1 Å². The van der Waals surface area contributed by atoms with Crippen molar-refractivity contribution in [3.05, 3.63) is 119 Å². The van der Waals surface area contributed by atoms with Crippen molar-refractivity contribution in [1.82, 2.24) is 19.4 Å². The summed E-state index contributed by atoms with van der Waals surface area (Å²) in [5.74, 6) is 0.367. The fourth-order valence-corrected chi connectivity index (χ4v) is 6.28. The number of amides is 2. The van der Waals surface area contributed by atoms with Crippen molar-refractivity contribution in [3.8, 4) is 17.1 Å². The minimum Gasteiger partial charge on any atom is -0.481 e. The molecule has 1 heterocycles. The fourth-order valence-electron chi connectivity index (χ4n) is 6.28. The average molecular weight is 619 g/mol. The molecule has 1 saturated carbocycles. The number of rotatable bonds is 8. The zero-order valence-corrected chi connectivity index (χ0v) is 26.7. The molecule has 0 radical (unpaired) electrons. The SMILES string of the molecule is CN(C)C(=O)c1ccc(C(Oc2ccc(-c3nc4ccccc4n3C3CCCCC3)c(F)c2)c2ccc(C(=O)N(C)C)cc2)cc1. The van der Waals surface area contributed by atoms with Crippen LogP contribution in [-0.4, -0.2) is 59.4 Å². The highest BCUT2D eigenvalue weighted by Crippen LogP contribution is 2.38. The highest BCUT2D eigenvalue weighted by atomic mass is 19.1. The number of carbonyl (C=O) groups is 2. The lowest BCUT2D eigenvalue weighted by Crippen LogP contribution is -2.22. The van der Waals surface area contributed by atoms with Gasteiger partial charge in [-0.25, -0.2) is 9.37 Å². The van der Waals surface area contributed by atoms with Crippen LogP contribution >= 0.6 is 0 Å². The van der Waals surface area contributed by atoms with Gasteiger partial charge in [0.2, 0.25) is 0 Å². The lowest BCUT2D eigenvalue weighted by Gasteiger charge is -2.26. The van der Waals surface area contributed by atoms with Crippen molar-refractivity contribution in [3.63, 3.8) is 0 Å². The molecule has 8 heteroatoms. The van der Waals surface area contributed by atoms with Crippen LogP contribution in [0.5, 0.6) is 5.75 Å². The van der Waals surface area contributed by atoms with Crippen LogP contribution in [0.1, 0.15) is 76.1 Å². The quantitative estimate of drug-likeness (QED) is 0.177. The van der Waals surface area contributed by atoms with Crippen molar-refractivity contribution in [2.24, 2.45) is 0 Å². The predicted molar refractivity (Wildman–Crippen MR) is 179 cm³/mol. The van der Waals surface area contributed by atoms with Gasteiger partial charge in [0.15, 0.2) is 0 Å². The normalized spacial score (nSPS) is 13.6. The maximum Gasteiger partial charge on any atom is 0.253 e. The number of para-hydroxylation sites is 2. The summed E-state index contributed by atoms with van der Waals surface area (Å²) in [6.07, 6.45) is 5.02. The van der Waals surface area contributed by atoms with Gasteiger partial charge in [-0.15, -0.1) is 0 Å². The Balaban J connectivity index is 1.36. The van der Waals surface area contributed by atoms with E-state index in [0.29, 0.717) is 28.3 Å². The predicted octanol–water partition coefficient (Wildman–Crippen LogP) is 7.92. The van der Waals surface area contributed by atoms with E-state index in [9.17, 15) is 9.59 Å². The Labute approximate surface area is 269 Å². The number of hydrogen-bond donors (Lipinski definition) is 0. The maximum atomic E-state index is 16.1. The third-order valence-corrected chi connectivity index (χ3v) is 8.70. The Hall–Kier alpha value is -4.98. The monoisotopic (exact) mass is 618 g/mol. The number of aromatic nitrogens is 2. The smallest absolute Gasteiger partial charge is 0.253 e. The number of ether oxygens (including phenoxy) is 1. The second-order valence-corrected chi connectivity index (χ2v) is 12.4. The molecule has 0 unspecified atom stereocenters. The maximum absolute atomic E-state index is 16.1. The lowest BCUT2D eigenvalue weighted by molar-refractivity contribution is 0.0820. The van der Waals surface area contributed by atoms with Crippen LogP contribution < -0.4 is 4.74 Å².